The standard InChI is InChI=1S/C12H15NO2S/c14-12(13-11-6-15-7-11)9-16-8-10-4-2-1-3-5-10/h1-5,11H,6-9H2,(H,13,14). The van der Waals surface area contributed by atoms with Gasteiger partial charge < -0.3 is 10.1 Å². The molecular weight excluding hydrogens is 222 g/mol. The van der Waals surface area contributed by atoms with Gasteiger partial charge in [-0.15, -0.1) is 11.8 Å². The fourth-order valence-corrected chi connectivity index (χ4v) is 2.22. The molecule has 0 radical (unpaired) electrons. The van der Waals surface area contributed by atoms with Crippen LogP contribution in [0.15, 0.2) is 30.3 Å². The number of amides is 1. The molecular formula is C12H15NO2S. The Balaban J connectivity index is 1.62. The number of ether oxygens (including phenoxy) is 1. The van der Waals surface area contributed by atoms with Crippen molar-refractivity contribution in [3.8, 4) is 0 Å². The lowest BCUT2D eigenvalue weighted by molar-refractivity contribution is -0.122. The van der Waals surface area contributed by atoms with Gasteiger partial charge in [-0.1, -0.05) is 30.3 Å². The van der Waals surface area contributed by atoms with E-state index >= 15 is 0 Å². The maximum absolute atomic E-state index is 11.4. The van der Waals surface area contributed by atoms with Gasteiger partial charge in [0.25, 0.3) is 0 Å². The lowest BCUT2D eigenvalue weighted by Crippen LogP contribution is -2.49. The van der Waals surface area contributed by atoms with Gasteiger partial charge in [0.05, 0.1) is 25.0 Å². The molecule has 1 saturated heterocycles. The fourth-order valence-electron chi connectivity index (χ4n) is 1.42. The first-order valence-corrected chi connectivity index (χ1v) is 6.49. The molecule has 0 unspecified atom stereocenters. The molecule has 1 aromatic rings. The monoisotopic (exact) mass is 237 g/mol. The molecule has 1 aromatic carbocycles. The molecule has 1 aliphatic heterocycles. The summed E-state index contributed by atoms with van der Waals surface area (Å²) < 4.78 is 4.99. The van der Waals surface area contributed by atoms with Crippen molar-refractivity contribution in [1.82, 2.24) is 5.32 Å². The molecule has 0 bridgehead atoms. The van der Waals surface area contributed by atoms with Crippen LogP contribution in [0.1, 0.15) is 5.56 Å². The Kier molecular flexibility index (Phi) is 4.25. The van der Waals surface area contributed by atoms with E-state index in [0.717, 1.165) is 5.75 Å². The van der Waals surface area contributed by atoms with Crippen LogP contribution in [-0.4, -0.2) is 30.9 Å². The zero-order valence-corrected chi connectivity index (χ0v) is 9.83. The van der Waals surface area contributed by atoms with E-state index in [1.54, 1.807) is 11.8 Å². The van der Waals surface area contributed by atoms with Crippen molar-refractivity contribution in [1.29, 1.82) is 0 Å². The Hall–Kier alpha value is -1.00. The van der Waals surface area contributed by atoms with E-state index in [0.29, 0.717) is 19.0 Å². The highest BCUT2D eigenvalue weighted by Gasteiger charge is 2.19. The maximum atomic E-state index is 11.4. The average Bonchev–Trinajstić information content (AvgIpc) is 2.25. The van der Waals surface area contributed by atoms with Crippen LogP contribution in [0.25, 0.3) is 0 Å². The summed E-state index contributed by atoms with van der Waals surface area (Å²) in [6.45, 7) is 1.32. The van der Waals surface area contributed by atoms with Gasteiger partial charge in [0, 0.05) is 5.75 Å². The van der Waals surface area contributed by atoms with Crippen molar-refractivity contribution in [2.75, 3.05) is 19.0 Å². The molecule has 4 heteroatoms. The Morgan fingerprint density at radius 3 is 2.75 bits per heavy atom. The van der Waals surface area contributed by atoms with E-state index in [1.807, 2.05) is 18.2 Å². The molecule has 1 aliphatic rings. The Morgan fingerprint density at radius 2 is 2.12 bits per heavy atom. The third-order valence-corrected chi connectivity index (χ3v) is 3.35. The van der Waals surface area contributed by atoms with Crippen molar-refractivity contribution in [3.63, 3.8) is 0 Å². The molecule has 0 saturated carbocycles. The molecule has 2 rings (SSSR count). The third kappa shape index (κ3) is 3.54. The fraction of sp³-hybridized carbons (Fsp3) is 0.417. The minimum atomic E-state index is 0.106. The number of benzene rings is 1. The predicted octanol–water partition coefficient (Wildman–Crippen LogP) is 1.43. The van der Waals surface area contributed by atoms with Crippen LogP contribution in [-0.2, 0) is 15.3 Å². The molecule has 1 N–H and O–H groups in total. The summed E-state index contributed by atoms with van der Waals surface area (Å²) in [7, 11) is 0. The minimum Gasteiger partial charge on any atom is -0.377 e. The zero-order chi connectivity index (χ0) is 11.2. The Bertz CT molecular complexity index is 338. The summed E-state index contributed by atoms with van der Waals surface area (Å²) in [5.41, 5.74) is 1.26. The van der Waals surface area contributed by atoms with E-state index < -0.39 is 0 Å². The van der Waals surface area contributed by atoms with Crippen molar-refractivity contribution >= 4 is 17.7 Å². The number of nitrogens with one attached hydrogen (secondary N) is 1. The number of carbonyl (C=O) groups is 1. The summed E-state index contributed by atoms with van der Waals surface area (Å²) in [6.07, 6.45) is 0. The molecule has 1 fully saturated rings. The summed E-state index contributed by atoms with van der Waals surface area (Å²) >= 11 is 1.64. The number of rotatable bonds is 5. The van der Waals surface area contributed by atoms with Crippen molar-refractivity contribution < 1.29 is 9.53 Å². The van der Waals surface area contributed by atoms with Crippen LogP contribution < -0.4 is 5.32 Å². The lowest BCUT2D eigenvalue weighted by atomic mass is 10.2. The normalized spacial score (nSPS) is 15.5. The largest absolute Gasteiger partial charge is 0.377 e. The van der Waals surface area contributed by atoms with Gasteiger partial charge in [-0.3, -0.25) is 4.79 Å². The minimum absolute atomic E-state index is 0.106. The van der Waals surface area contributed by atoms with Crippen LogP contribution >= 0.6 is 11.8 Å². The van der Waals surface area contributed by atoms with Crippen LogP contribution in [0.5, 0.6) is 0 Å². The molecule has 0 atom stereocenters. The van der Waals surface area contributed by atoms with Crippen molar-refractivity contribution in [3.05, 3.63) is 35.9 Å². The molecule has 0 aromatic heterocycles. The second-order valence-corrected chi connectivity index (χ2v) is 4.77. The molecule has 1 amide bonds. The topological polar surface area (TPSA) is 38.3 Å². The van der Waals surface area contributed by atoms with E-state index in [2.05, 4.69) is 17.4 Å². The van der Waals surface area contributed by atoms with Gasteiger partial charge in [-0.2, -0.15) is 0 Å². The van der Waals surface area contributed by atoms with Crippen LogP contribution in [0.4, 0.5) is 0 Å². The highest BCUT2D eigenvalue weighted by atomic mass is 32.2. The molecule has 86 valence electrons. The van der Waals surface area contributed by atoms with Crippen molar-refractivity contribution in [2.24, 2.45) is 0 Å². The highest BCUT2D eigenvalue weighted by molar-refractivity contribution is 7.99. The van der Waals surface area contributed by atoms with Crippen LogP contribution in [0, 0.1) is 0 Å². The quantitative estimate of drug-likeness (QED) is 0.842. The summed E-state index contributed by atoms with van der Waals surface area (Å²) in [4.78, 5) is 11.4. The van der Waals surface area contributed by atoms with Gasteiger partial charge in [0.2, 0.25) is 5.91 Å². The van der Waals surface area contributed by atoms with Gasteiger partial charge in [0.1, 0.15) is 0 Å². The summed E-state index contributed by atoms with van der Waals surface area (Å²) in [5.74, 6) is 1.51. The first-order valence-electron chi connectivity index (χ1n) is 5.33. The number of hydrogen-bond acceptors (Lipinski definition) is 3. The van der Waals surface area contributed by atoms with E-state index in [-0.39, 0.29) is 11.9 Å². The summed E-state index contributed by atoms with van der Waals surface area (Å²) in [6, 6.07) is 10.4. The number of thioether (sulfide) groups is 1. The third-order valence-electron chi connectivity index (χ3n) is 2.35. The first kappa shape index (κ1) is 11.5. The molecule has 0 spiro atoms. The Labute approximate surface area is 99.6 Å². The molecule has 0 aliphatic carbocycles. The first-order chi connectivity index (χ1) is 7.84. The van der Waals surface area contributed by atoms with Crippen LogP contribution in [0.2, 0.25) is 0 Å². The second-order valence-electron chi connectivity index (χ2n) is 3.78. The number of carbonyl (C=O) groups excluding carboxylic acids is 1. The summed E-state index contributed by atoms with van der Waals surface area (Å²) in [5, 5.41) is 2.92. The smallest absolute Gasteiger partial charge is 0.230 e. The number of hydrogen-bond donors (Lipinski definition) is 1. The van der Waals surface area contributed by atoms with Gasteiger partial charge >= 0.3 is 0 Å². The van der Waals surface area contributed by atoms with E-state index in [4.69, 9.17) is 4.74 Å². The zero-order valence-electron chi connectivity index (χ0n) is 9.02. The lowest BCUT2D eigenvalue weighted by Gasteiger charge is -2.26. The average molecular weight is 237 g/mol. The molecule has 1 heterocycles. The SMILES string of the molecule is O=C(CSCc1ccccc1)NC1COC1. The van der Waals surface area contributed by atoms with E-state index in [9.17, 15) is 4.79 Å². The molecule has 3 nitrogen and oxygen atoms in total. The van der Waals surface area contributed by atoms with Gasteiger partial charge in [-0.25, -0.2) is 0 Å². The molecule has 16 heavy (non-hydrogen) atoms. The second kappa shape index (κ2) is 5.92. The van der Waals surface area contributed by atoms with Gasteiger partial charge in [0.15, 0.2) is 0 Å². The predicted molar refractivity (Wildman–Crippen MR) is 65.4 cm³/mol. The maximum Gasteiger partial charge on any atom is 0.230 e. The highest BCUT2D eigenvalue weighted by Crippen LogP contribution is 2.11. The Morgan fingerprint density at radius 1 is 1.38 bits per heavy atom. The van der Waals surface area contributed by atoms with Crippen molar-refractivity contribution in [2.45, 2.75) is 11.8 Å². The van der Waals surface area contributed by atoms with E-state index in [1.165, 1.54) is 5.56 Å². The van der Waals surface area contributed by atoms with Crippen LogP contribution in [0.3, 0.4) is 0 Å². The van der Waals surface area contributed by atoms with Gasteiger partial charge in [-0.05, 0) is 5.56 Å².